The minimum Gasteiger partial charge on any atom is -0.394 e. The predicted molar refractivity (Wildman–Crippen MR) is 500 cm³/mol. The van der Waals surface area contributed by atoms with Crippen LogP contribution in [-0.4, -0.2) is 325 Å². The zero-order chi connectivity index (χ0) is 98.7. The van der Waals surface area contributed by atoms with E-state index in [1.54, 1.807) is 91.3 Å². The number of nitrogens with one attached hydrogen (secondary N) is 17. The van der Waals surface area contributed by atoms with E-state index in [2.05, 4.69) is 83.7 Å². The molecule has 2 saturated heterocycles. The van der Waals surface area contributed by atoms with Crippen molar-refractivity contribution >= 4 is 140 Å². The predicted octanol–water partition coefficient (Wildman–Crippen LogP) is -4.13. The van der Waals surface area contributed by atoms with Crippen LogP contribution in [0.1, 0.15) is 127 Å². The molecule has 0 saturated carbocycles. The number of guanidine groups is 2. The van der Waals surface area contributed by atoms with Crippen LogP contribution in [0.5, 0.6) is 0 Å². The van der Waals surface area contributed by atoms with Crippen LogP contribution in [0.15, 0.2) is 104 Å². The molecule has 2 fully saturated rings. The molecule has 1 unspecified atom stereocenters. The third-order valence-electron chi connectivity index (χ3n) is 23.6. The molecule has 5 heterocycles. The van der Waals surface area contributed by atoms with Gasteiger partial charge in [0.05, 0.1) is 50.3 Å². The van der Waals surface area contributed by atoms with E-state index in [1.165, 1.54) is 57.4 Å². The first-order valence-electron chi connectivity index (χ1n) is 44.9. The lowest BCUT2D eigenvalue weighted by Crippen LogP contribution is -2.62. The Kier molecular flexibility index (Phi) is 41.5. The van der Waals surface area contributed by atoms with Gasteiger partial charge in [-0.15, -0.1) is 11.8 Å². The van der Waals surface area contributed by atoms with E-state index in [9.17, 15) is 67.7 Å². The molecule has 27 N–H and O–H groups in total. The Morgan fingerprint density at radius 3 is 1.64 bits per heavy atom. The Labute approximate surface area is 785 Å². The monoisotopic (exact) mass is 1900 g/mol. The molecular weight excluding hydrogens is 1770 g/mol. The van der Waals surface area contributed by atoms with Gasteiger partial charge in [-0.05, 0) is 94.2 Å². The summed E-state index contributed by atoms with van der Waals surface area (Å²) in [6.07, 6.45) is 4.31. The van der Waals surface area contributed by atoms with Crippen molar-refractivity contribution in [3.05, 3.63) is 126 Å². The molecule has 135 heavy (non-hydrogen) atoms. The van der Waals surface area contributed by atoms with Crippen LogP contribution in [0.25, 0.3) is 21.8 Å². The first-order chi connectivity index (χ1) is 64.4. The smallest absolute Gasteiger partial charge is 0.246 e. The van der Waals surface area contributed by atoms with Crippen molar-refractivity contribution in [2.45, 2.75) is 215 Å². The minimum absolute atomic E-state index is 0.00425. The van der Waals surface area contributed by atoms with Crippen molar-refractivity contribution in [1.82, 2.24) is 108 Å². The molecule has 3 aromatic carbocycles. The van der Waals surface area contributed by atoms with E-state index in [1.807, 2.05) is 13.8 Å². The summed E-state index contributed by atoms with van der Waals surface area (Å²) >= 11 is 0.797. The normalized spacial score (nSPS) is 23.8. The lowest BCUT2D eigenvalue weighted by molar-refractivity contribution is -0.147. The highest BCUT2D eigenvalue weighted by Gasteiger charge is 2.44. The Morgan fingerprint density at radius 1 is 0.526 bits per heavy atom. The van der Waals surface area contributed by atoms with Gasteiger partial charge in [-0.3, -0.25) is 92.4 Å². The number of aliphatic hydroxyl groups is 2. The van der Waals surface area contributed by atoms with Gasteiger partial charge in [0.2, 0.25) is 94.5 Å². The third kappa shape index (κ3) is 31.7. The standard InChI is InChI=1S/C89H129N27O18S/c1-8-10-30-68-81(128)105-59(28-19-33-97-88(92)93)77(124)111-67(76(123)101-44-72(91)119)47-135-48-74(121)104-63(36-51-22-13-12-14-23-51)84(131)113(5)50(3)75(122)108-65(40-71(90)118)86(133)116-35-21-32-69(116)82(129)107-62(39-54-43-96-49-102-54)79(126)106-60(29-20-34-98-89(94)95)83(130)112(4)45-73(120)103-61(37-52-41-99-57-26-17-15-24-55(52)57)78(125)110-66(46-117)80(127)109-64(38-53-42-100-58-27-18-16-25-56(53)58)85(132)115(7)70(31-11-9-2)87(134)114(68)6/h12-18,22-27,41-43,49-50,59-70,87,99-100,117,134H,8-11,19-21,28-40,44-48H2,1-7H3,(H2,90,118)(H2,91,119)(H,96,102)(H,101,123)(H,103,120)(H,104,121)(H,105,128)(H,106,126)(H,107,129)(H,108,122)(H,109,127)(H,110,125)(H,111,124)(H4,92,93,97)(H4,94,95,98)/t50-,59-,60-,61-,62-,63-,64-,65-,66-,67-,68-,69-,70-,87?/m0/s1. The van der Waals surface area contributed by atoms with Gasteiger partial charge in [0.1, 0.15) is 72.7 Å². The molecule has 0 bridgehead atoms. The summed E-state index contributed by atoms with van der Waals surface area (Å²) in [5.74, 6) is -16.7. The van der Waals surface area contributed by atoms with Gasteiger partial charge in [-0.2, -0.15) is 0 Å². The summed E-state index contributed by atoms with van der Waals surface area (Å²) in [6.45, 7) is 2.34. The molecule has 6 aromatic rings. The number of carbonyl (C=O) groups is 16. The summed E-state index contributed by atoms with van der Waals surface area (Å²) in [5.41, 5.74) is 25.6. The Balaban J connectivity index is 1.19. The molecule has 0 radical (unpaired) electrons. The van der Waals surface area contributed by atoms with Gasteiger partial charge in [0.15, 0.2) is 11.9 Å². The first kappa shape index (κ1) is 107. The molecule has 46 heteroatoms. The van der Waals surface area contributed by atoms with Crippen molar-refractivity contribution in [3.8, 4) is 0 Å². The van der Waals surface area contributed by atoms with E-state index in [4.69, 9.17) is 33.8 Å². The molecule has 2 aliphatic rings. The fourth-order valence-corrected chi connectivity index (χ4v) is 16.9. The maximum absolute atomic E-state index is 15.8. The fraction of sp³-hybridized carbons (Fsp3) is 0.517. The number of amides is 16. The molecular formula is C89H129N27O18S. The fourth-order valence-electron chi connectivity index (χ4n) is 16.1. The van der Waals surface area contributed by atoms with Crippen LogP contribution < -0.4 is 86.7 Å². The molecule has 3 aromatic heterocycles. The maximum atomic E-state index is 15.8. The van der Waals surface area contributed by atoms with Crippen molar-refractivity contribution in [2.24, 2.45) is 22.9 Å². The second kappa shape index (κ2) is 52.6. The highest BCUT2D eigenvalue weighted by atomic mass is 32.2. The summed E-state index contributed by atoms with van der Waals surface area (Å²) in [6, 6.07) is 2.86. The quantitative estimate of drug-likeness (QED) is 0.0126. The van der Waals surface area contributed by atoms with Gasteiger partial charge in [-0.1, -0.05) is 106 Å². The summed E-state index contributed by atoms with van der Waals surface area (Å²) in [5, 5.41) is 72.8. The lowest BCUT2D eigenvalue weighted by atomic mass is 9.99. The number of fused-ring (bicyclic) bond motifs is 3. The summed E-state index contributed by atoms with van der Waals surface area (Å²) in [7, 11) is 5.34. The molecule has 8 rings (SSSR count). The molecule has 2 aliphatic heterocycles. The lowest BCUT2D eigenvalue weighted by Gasteiger charge is -2.41. The van der Waals surface area contributed by atoms with Gasteiger partial charge >= 0.3 is 0 Å². The number of para-hydroxylation sites is 2. The number of aliphatic hydroxyl groups excluding tert-OH is 2. The van der Waals surface area contributed by atoms with Crippen molar-refractivity contribution in [3.63, 3.8) is 0 Å². The number of unbranched alkanes of at least 4 members (excludes halogenated alkanes) is 2. The highest BCUT2D eigenvalue weighted by Crippen LogP contribution is 2.27. The second-order valence-electron chi connectivity index (χ2n) is 33.7. The van der Waals surface area contributed by atoms with Crippen molar-refractivity contribution in [1.29, 1.82) is 10.8 Å². The number of nitrogens with zero attached hydrogens (tertiary/aromatic N) is 6. The number of nitrogens with two attached hydrogens (primary N) is 4. The largest absolute Gasteiger partial charge is 0.394 e. The van der Waals surface area contributed by atoms with Gasteiger partial charge in [-0.25, -0.2) is 4.98 Å². The topological polar surface area (TPSA) is 686 Å². The average Bonchev–Trinajstić information content (AvgIpc) is 1.78. The van der Waals surface area contributed by atoms with E-state index in [0.29, 0.717) is 69.9 Å². The van der Waals surface area contributed by atoms with Gasteiger partial charge in [0, 0.05) is 118 Å². The van der Waals surface area contributed by atoms with E-state index in [-0.39, 0.29) is 96.7 Å². The Hall–Kier alpha value is -13.8. The number of imidazole rings is 1. The number of aromatic amines is 3. The third-order valence-corrected chi connectivity index (χ3v) is 24.7. The molecule has 45 nitrogen and oxygen atoms in total. The Bertz CT molecular complexity index is 5120. The molecule has 14 atom stereocenters. The van der Waals surface area contributed by atoms with Crippen molar-refractivity contribution in [2.75, 3.05) is 79.0 Å². The van der Waals surface area contributed by atoms with E-state index < -0.39 is 229 Å². The number of H-pyrrole nitrogens is 3. The zero-order valence-corrected chi connectivity index (χ0v) is 77.7. The minimum atomic E-state index is -1.86. The van der Waals surface area contributed by atoms with Gasteiger partial charge < -0.3 is 132 Å². The summed E-state index contributed by atoms with van der Waals surface area (Å²) in [4.78, 5) is 252. The van der Waals surface area contributed by atoms with Crippen LogP contribution >= 0.6 is 11.8 Å². The Morgan fingerprint density at radius 2 is 1.05 bits per heavy atom. The number of hydrogen-bond donors (Lipinski definition) is 23. The van der Waals surface area contributed by atoms with Crippen LogP contribution in [0.4, 0.5) is 0 Å². The van der Waals surface area contributed by atoms with Crippen LogP contribution in [0, 0.1) is 10.8 Å². The number of carbonyl (C=O) groups excluding carboxylic acids is 16. The van der Waals surface area contributed by atoms with Gasteiger partial charge in [0.25, 0.3) is 0 Å². The summed E-state index contributed by atoms with van der Waals surface area (Å²) < 4.78 is 0. The van der Waals surface area contributed by atoms with Crippen LogP contribution in [0.3, 0.4) is 0 Å². The SMILES string of the molecule is CCCC[C@H]1C(O)N(C)[C@@H](CCCC)C(=O)N[C@@H](CCCNC(=N)N)C(=O)N[C@H](C(=O)NCC(N)=O)CSCC(=O)N[C@@H](Cc2ccccc2)C(=O)N(C)[C@@H](C)C(=O)N[C@@H](CC(N)=O)C(=O)N2CCC[C@H]2C(=O)N[C@@H](Cc2cnc[nH]2)C(=O)N[C@@H](CCCNC(=N)N)C(=O)N(C)CC(=O)N[C@@H](Cc2c[nH]c3ccccc23)C(=O)N[C@@H](CO)C(=O)N[C@@H](Cc2c[nH]c3ccccc23)C(=O)N1C. The number of thioether (sulfide) groups is 1. The molecule has 0 spiro atoms. The average molecular weight is 1900 g/mol. The molecule has 0 aliphatic carbocycles. The number of aromatic nitrogens is 4. The van der Waals surface area contributed by atoms with E-state index >= 15 is 19.2 Å². The number of primary amides is 2. The van der Waals surface area contributed by atoms with Crippen LogP contribution in [-0.2, 0) is 102 Å². The highest BCUT2D eigenvalue weighted by molar-refractivity contribution is 8.00. The number of benzene rings is 3. The van der Waals surface area contributed by atoms with Crippen molar-refractivity contribution < 1.29 is 86.9 Å². The second-order valence-corrected chi connectivity index (χ2v) is 34.7. The first-order valence-corrected chi connectivity index (χ1v) is 46.1. The van der Waals surface area contributed by atoms with Crippen LogP contribution in [0.2, 0.25) is 0 Å². The zero-order valence-electron chi connectivity index (χ0n) is 76.9. The molecule has 734 valence electrons. The maximum Gasteiger partial charge on any atom is 0.246 e. The molecule has 16 amide bonds. The van der Waals surface area contributed by atoms with E-state index in [0.717, 1.165) is 26.5 Å². The number of rotatable bonds is 28. The number of likely N-dealkylation sites (N-methyl/N-ethyl adjacent to an activating group) is 4. The number of hydrogen-bond acceptors (Lipinski definition) is 23.